The molecule has 0 bridgehead atoms. The lowest BCUT2D eigenvalue weighted by atomic mass is 9.99. The van der Waals surface area contributed by atoms with Gasteiger partial charge in [0.2, 0.25) is 6.29 Å². The van der Waals surface area contributed by atoms with Gasteiger partial charge in [-0.05, 0) is 44.9 Å². The van der Waals surface area contributed by atoms with Gasteiger partial charge in [-0.15, -0.1) is 0 Å². The molecule has 0 aromatic heterocycles. The first kappa shape index (κ1) is 20.0. The summed E-state index contributed by atoms with van der Waals surface area (Å²) in [6.45, 7) is -0.508. The molecular weight excluding hydrogens is 496 g/mol. The number of benzene rings is 3. The molecule has 3 aromatic carbocycles. The van der Waals surface area contributed by atoms with Crippen LogP contribution in [0.1, 0.15) is 0 Å². The highest BCUT2D eigenvalue weighted by molar-refractivity contribution is 9.11. The Balaban J connectivity index is 1.72. The normalized spacial score (nSPS) is 28.0. The average Bonchev–Trinajstić information content (AvgIpc) is 2.68. The molecule has 6 nitrogen and oxygen atoms in total. The fourth-order valence-corrected chi connectivity index (χ4v) is 4.72. The van der Waals surface area contributed by atoms with Crippen LogP contribution in [0.3, 0.4) is 0 Å². The lowest BCUT2D eigenvalue weighted by Crippen LogP contribution is -2.60. The molecule has 0 spiro atoms. The second-order valence-electron chi connectivity index (χ2n) is 6.72. The quantitative estimate of drug-likeness (QED) is 0.402. The molecule has 1 aliphatic heterocycles. The third-order valence-electron chi connectivity index (χ3n) is 4.93. The molecule has 1 saturated heterocycles. The van der Waals surface area contributed by atoms with Crippen LogP contribution in [0.2, 0.25) is 0 Å². The Morgan fingerprint density at radius 1 is 0.857 bits per heavy atom. The molecule has 0 radical (unpaired) electrons. The van der Waals surface area contributed by atoms with Crippen LogP contribution in [0.4, 0.5) is 0 Å². The van der Waals surface area contributed by atoms with Gasteiger partial charge < -0.3 is 29.9 Å². The van der Waals surface area contributed by atoms with Gasteiger partial charge in [-0.2, -0.15) is 0 Å². The number of hydrogen-bond acceptors (Lipinski definition) is 6. The van der Waals surface area contributed by atoms with Gasteiger partial charge in [0.15, 0.2) is 0 Å². The summed E-state index contributed by atoms with van der Waals surface area (Å²) in [5.74, 6) is 0.412. The molecule has 8 heteroatoms. The van der Waals surface area contributed by atoms with Crippen molar-refractivity contribution in [2.45, 2.75) is 30.7 Å². The Kier molecular flexibility index (Phi) is 5.63. The molecule has 5 atom stereocenters. The summed E-state index contributed by atoms with van der Waals surface area (Å²) in [5.41, 5.74) is 0. The molecule has 0 saturated carbocycles. The van der Waals surface area contributed by atoms with Gasteiger partial charge in [0.05, 0.1) is 6.61 Å². The van der Waals surface area contributed by atoms with Crippen molar-refractivity contribution in [1.29, 1.82) is 0 Å². The molecule has 1 fully saturated rings. The summed E-state index contributed by atoms with van der Waals surface area (Å²) < 4.78 is 12.9. The van der Waals surface area contributed by atoms with Crippen molar-refractivity contribution in [3.63, 3.8) is 0 Å². The third-order valence-corrected chi connectivity index (χ3v) is 6.22. The van der Waals surface area contributed by atoms with Crippen molar-refractivity contribution in [3.05, 3.63) is 51.4 Å². The van der Waals surface area contributed by atoms with Crippen LogP contribution in [0.5, 0.6) is 5.75 Å². The topological polar surface area (TPSA) is 99.4 Å². The Morgan fingerprint density at radius 2 is 1.57 bits per heavy atom. The van der Waals surface area contributed by atoms with Crippen LogP contribution < -0.4 is 4.74 Å². The molecule has 3 aromatic rings. The Bertz CT molecular complexity index is 1020. The number of fused-ring (bicyclic) bond motifs is 3. The van der Waals surface area contributed by atoms with Gasteiger partial charge in [-0.1, -0.05) is 40.2 Å². The van der Waals surface area contributed by atoms with E-state index in [0.717, 1.165) is 30.5 Å². The molecular formula is C20H18Br2O6. The van der Waals surface area contributed by atoms with Crippen LogP contribution in [0.15, 0.2) is 51.4 Å². The maximum Gasteiger partial charge on any atom is 0.229 e. The summed E-state index contributed by atoms with van der Waals surface area (Å²) >= 11 is 7.20. The molecule has 0 unspecified atom stereocenters. The van der Waals surface area contributed by atoms with Crippen LogP contribution in [-0.4, -0.2) is 57.7 Å². The van der Waals surface area contributed by atoms with Gasteiger partial charge in [0.1, 0.15) is 30.2 Å². The van der Waals surface area contributed by atoms with Crippen molar-refractivity contribution in [2.75, 3.05) is 6.61 Å². The third kappa shape index (κ3) is 3.43. The van der Waals surface area contributed by atoms with Gasteiger partial charge in [0, 0.05) is 19.7 Å². The molecule has 28 heavy (non-hydrogen) atoms. The van der Waals surface area contributed by atoms with Crippen molar-refractivity contribution in [1.82, 2.24) is 0 Å². The minimum atomic E-state index is -1.49. The maximum atomic E-state index is 10.2. The van der Waals surface area contributed by atoms with E-state index in [2.05, 4.69) is 31.9 Å². The minimum Gasteiger partial charge on any atom is -0.462 e. The van der Waals surface area contributed by atoms with E-state index in [1.807, 2.05) is 30.3 Å². The molecule has 4 rings (SSSR count). The molecule has 4 N–H and O–H groups in total. The number of rotatable bonds is 3. The van der Waals surface area contributed by atoms with Crippen molar-refractivity contribution in [2.24, 2.45) is 0 Å². The van der Waals surface area contributed by atoms with Crippen molar-refractivity contribution < 1.29 is 29.9 Å². The van der Waals surface area contributed by atoms with Crippen LogP contribution >= 0.6 is 31.9 Å². The first-order valence-electron chi connectivity index (χ1n) is 8.68. The summed E-state index contributed by atoms with van der Waals surface area (Å²) in [7, 11) is 0. The zero-order chi connectivity index (χ0) is 20.0. The first-order valence-corrected chi connectivity index (χ1v) is 10.3. The van der Waals surface area contributed by atoms with E-state index in [-0.39, 0.29) is 0 Å². The minimum absolute atomic E-state index is 0.412. The second-order valence-corrected chi connectivity index (χ2v) is 8.43. The number of ether oxygens (including phenoxy) is 2. The smallest absolute Gasteiger partial charge is 0.229 e. The zero-order valence-electron chi connectivity index (χ0n) is 14.5. The van der Waals surface area contributed by atoms with Crippen molar-refractivity contribution in [3.8, 4) is 5.75 Å². The Hall–Kier alpha value is -1.26. The Labute approximate surface area is 177 Å². The Morgan fingerprint density at radius 3 is 2.32 bits per heavy atom. The fraction of sp³-hybridized carbons (Fsp3) is 0.300. The van der Waals surface area contributed by atoms with E-state index in [9.17, 15) is 20.4 Å². The maximum absolute atomic E-state index is 10.2. The van der Waals surface area contributed by atoms with Gasteiger partial charge in [-0.3, -0.25) is 0 Å². The molecule has 1 aliphatic rings. The van der Waals surface area contributed by atoms with E-state index in [1.165, 1.54) is 0 Å². The first-order chi connectivity index (χ1) is 13.4. The van der Waals surface area contributed by atoms with E-state index < -0.39 is 37.3 Å². The summed E-state index contributed by atoms with van der Waals surface area (Å²) in [4.78, 5) is 0. The molecule has 1 heterocycles. The highest BCUT2D eigenvalue weighted by Crippen LogP contribution is 2.38. The SMILES string of the molecule is OC[C@H]1O[C@@H](Oc2cc(Br)c3c(ccc4cccc(Br)c43)c2)[C@H](O)[C@@H](O)[C@@H]1O. The lowest BCUT2D eigenvalue weighted by molar-refractivity contribution is -0.277. The van der Waals surface area contributed by atoms with Gasteiger partial charge in [-0.25, -0.2) is 0 Å². The number of halogens is 2. The van der Waals surface area contributed by atoms with Crippen LogP contribution in [0.25, 0.3) is 21.5 Å². The predicted molar refractivity (Wildman–Crippen MR) is 111 cm³/mol. The number of hydrogen-bond donors (Lipinski definition) is 4. The summed E-state index contributed by atoms with van der Waals surface area (Å²) in [6.07, 6.45) is -6.62. The number of aliphatic hydroxyl groups excluding tert-OH is 4. The average molecular weight is 514 g/mol. The molecule has 0 aliphatic carbocycles. The highest BCUT2D eigenvalue weighted by atomic mass is 79.9. The fourth-order valence-electron chi connectivity index (χ4n) is 3.49. The van der Waals surface area contributed by atoms with Crippen molar-refractivity contribution >= 4 is 53.4 Å². The van der Waals surface area contributed by atoms with Gasteiger partial charge >= 0.3 is 0 Å². The standard InChI is InChI=1S/C20H18Br2O6/c21-12-3-1-2-9-4-5-10-6-11(7-13(22)16(10)15(9)12)27-20-19(26)18(25)17(24)14(8-23)28-20/h1-7,14,17-20,23-26H,8H2/t14-,17-,18+,19-,20-/m1/s1. The van der Waals surface area contributed by atoms with E-state index >= 15 is 0 Å². The molecule has 148 valence electrons. The second kappa shape index (κ2) is 7.87. The largest absolute Gasteiger partial charge is 0.462 e. The predicted octanol–water partition coefficient (Wildman–Crippen LogP) is 2.70. The zero-order valence-corrected chi connectivity index (χ0v) is 17.7. The monoisotopic (exact) mass is 512 g/mol. The van der Waals surface area contributed by atoms with E-state index in [1.54, 1.807) is 12.1 Å². The lowest BCUT2D eigenvalue weighted by Gasteiger charge is -2.39. The van der Waals surface area contributed by atoms with E-state index in [4.69, 9.17) is 9.47 Å². The molecule has 0 amide bonds. The van der Waals surface area contributed by atoms with Crippen LogP contribution in [-0.2, 0) is 4.74 Å². The summed E-state index contributed by atoms with van der Waals surface area (Å²) in [6, 6.07) is 13.5. The van der Waals surface area contributed by atoms with E-state index in [0.29, 0.717) is 5.75 Å². The van der Waals surface area contributed by atoms with Gasteiger partial charge in [0.25, 0.3) is 0 Å². The van der Waals surface area contributed by atoms with Crippen LogP contribution in [0, 0.1) is 0 Å². The highest BCUT2D eigenvalue weighted by Gasteiger charge is 2.44. The summed E-state index contributed by atoms with van der Waals surface area (Å²) in [5, 5.41) is 43.4. The number of aliphatic hydroxyl groups is 4.